The van der Waals surface area contributed by atoms with E-state index in [1.807, 2.05) is 0 Å². The number of halogens is 1. The van der Waals surface area contributed by atoms with E-state index >= 15 is 0 Å². The molecule has 1 atom stereocenters. The van der Waals surface area contributed by atoms with Crippen molar-refractivity contribution in [2.75, 3.05) is 6.61 Å². The first-order valence-electron chi connectivity index (χ1n) is 4.70. The summed E-state index contributed by atoms with van der Waals surface area (Å²) in [5.41, 5.74) is -1.48. The van der Waals surface area contributed by atoms with E-state index < -0.39 is 11.5 Å². The van der Waals surface area contributed by atoms with Crippen molar-refractivity contribution in [1.82, 2.24) is 0 Å². The van der Waals surface area contributed by atoms with Crippen LogP contribution < -0.4 is 0 Å². The van der Waals surface area contributed by atoms with Gasteiger partial charge in [-0.1, -0.05) is 12.8 Å². The number of carbonyl (C=O) groups excluding carboxylic acids is 1. The second-order valence-electron chi connectivity index (χ2n) is 3.11. The third-order valence-electron chi connectivity index (χ3n) is 2.09. The molecule has 0 aromatic heterocycles. The third-order valence-corrected chi connectivity index (χ3v) is 3.37. The molecule has 1 aliphatic rings. The highest BCUT2D eigenvalue weighted by molar-refractivity contribution is 8.01. The van der Waals surface area contributed by atoms with E-state index in [2.05, 4.69) is 4.74 Å². The molecule has 76 valence electrons. The lowest BCUT2D eigenvalue weighted by Crippen LogP contribution is -2.18. The van der Waals surface area contributed by atoms with Gasteiger partial charge < -0.3 is 4.74 Å². The van der Waals surface area contributed by atoms with Crippen LogP contribution in [0.25, 0.3) is 0 Å². The molecule has 1 aliphatic carbocycles. The Kier molecular flexibility index (Phi) is 4.56. The smallest absolute Gasteiger partial charge is 0.351 e. The van der Waals surface area contributed by atoms with Gasteiger partial charge in [-0.25, -0.2) is 9.18 Å². The van der Waals surface area contributed by atoms with Gasteiger partial charge in [0.2, 0.25) is 5.50 Å². The van der Waals surface area contributed by atoms with Gasteiger partial charge in [0.25, 0.3) is 0 Å². The Labute approximate surface area is 82.2 Å². The van der Waals surface area contributed by atoms with Gasteiger partial charge >= 0.3 is 5.97 Å². The molecule has 0 heterocycles. The van der Waals surface area contributed by atoms with Gasteiger partial charge in [-0.3, -0.25) is 0 Å². The summed E-state index contributed by atoms with van der Waals surface area (Å²) in [6, 6.07) is 0. The largest absolute Gasteiger partial charge is 0.463 e. The Morgan fingerprint density at radius 2 is 2.23 bits per heavy atom. The maximum absolute atomic E-state index is 13.1. The van der Waals surface area contributed by atoms with E-state index in [1.165, 1.54) is 0 Å². The Balaban J connectivity index is 2.22. The third kappa shape index (κ3) is 3.55. The van der Waals surface area contributed by atoms with Crippen molar-refractivity contribution in [3.05, 3.63) is 0 Å². The molecule has 1 fully saturated rings. The lowest BCUT2D eigenvalue weighted by Gasteiger charge is -2.11. The molecule has 4 heteroatoms. The van der Waals surface area contributed by atoms with Gasteiger partial charge in [-0.2, -0.15) is 0 Å². The highest BCUT2D eigenvalue weighted by atomic mass is 32.2. The standard InChI is InChI=1S/C9H15FO2S/c1-2-12-9(11)8(10)13-7-5-3-4-6-7/h7-8H,2-6H2,1H3. The second kappa shape index (κ2) is 5.47. The number of esters is 1. The maximum Gasteiger partial charge on any atom is 0.351 e. The van der Waals surface area contributed by atoms with Gasteiger partial charge in [0.1, 0.15) is 0 Å². The van der Waals surface area contributed by atoms with Gasteiger partial charge in [-0.15, -0.1) is 11.8 Å². The summed E-state index contributed by atoms with van der Waals surface area (Å²) in [6.45, 7) is 1.94. The van der Waals surface area contributed by atoms with Crippen LogP contribution in [-0.2, 0) is 9.53 Å². The van der Waals surface area contributed by atoms with Crippen molar-refractivity contribution in [2.45, 2.75) is 43.4 Å². The molecular formula is C9H15FO2S. The Bertz CT molecular complexity index is 169. The van der Waals surface area contributed by atoms with Gasteiger partial charge in [0.15, 0.2) is 0 Å². The van der Waals surface area contributed by atoms with E-state index in [9.17, 15) is 9.18 Å². The minimum atomic E-state index is -1.48. The Hall–Kier alpha value is -0.250. The van der Waals surface area contributed by atoms with Gasteiger partial charge in [0.05, 0.1) is 6.61 Å². The first-order valence-corrected chi connectivity index (χ1v) is 5.64. The van der Waals surface area contributed by atoms with E-state index in [0.717, 1.165) is 37.4 Å². The summed E-state index contributed by atoms with van der Waals surface area (Å²) < 4.78 is 17.7. The molecule has 0 spiro atoms. The van der Waals surface area contributed by atoms with Gasteiger partial charge in [-0.05, 0) is 19.8 Å². The SMILES string of the molecule is CCOC(=O)C(F)SC1CCCC1. The van der Waals surface area contributed by atoms with Crippen LogP contribution in [0.4, 0.5) is 4.39 Å². The fourth-order valence-electron chi connectivity index (χ4n) is 1.46. The minimum Gasteiger partial charge on any atom is -0.463 e. The fourth-order valence-corrected chi connectivity index (χ4v) is 2.58. The number of ether oxygens (including phenoxy) is 1. The number of rotatable bonds is 4. The summed E-state index contributed by atoms with van der Waals surface area (Å²) in [6.07, 6.45) is 4.38. The number of hydrogen-bond donors (Lipinski definition) is 0. The van der Waals surface area contributed by atoms with Crippen LogP contribution in [0.3, 0.4) is 0 Å². The van der Waals surface area contributed by atoms with E-state index in [1.54, 1.807) is 6.92 Å². The van der Waals surface area contributed by atoms with E-state index in [-0.39, 0.29) is 6.61 Å². The van der Waals surface area contributed by atoms with Gasteiger partial charge in [0, 0.05) is 5.25 Å². The predicted octanol–water partition coefficient (Wildman–Crippen LogP) is 2.52. The molecular weight excluding hydrogens is 191 g/mol. The fraction of sp³-hybridized carbons (Fsp3) is 0.889. The van der Waals surface area contributed by atoms with Crippen LogP contribution in [0, 0.1) is 0 Å². The summed E-state index contributed by atoms with van der Waals surface area (Å²) in [4.78, 5) is 10.9. The molecule has 0 saturated heterocycles. The zero-order chi connectivity index (χ0) is 9.68. The molecule has 13 heavy (non-hydrogen) atoms. The van der Waals surface area contributed by atoms with Crippen molar-refractivity contribution in [3.8, 4) is 0 Å². The summed E-state index contributed by atoms with van der Waals surface area (Å²) in [5, 5.41) is 0.319. The number of carbonyl (C=O) groups is 1. The molecule has 0 aromatic rings. The monoisotopic (exact) mass is 206 g/mol. The number of hydrogen-bond acceptors (Lipinski definition) is 3. The molecule has 0 aromatic carbocycles. The quantitative estimate of drug-likeness (QED) is 0.661. The highest BCUT2D eigenvalue weighted by Gasteiger charge is 2.25. The number of thioether (sulfide) groups is 1. The van der Waals surface area contributed by atoms with Crippen molar-refractivity contribution < 1.29 is 13.9 Å². The number of alkyl halides is 1. The predicted molar refractivity (Wildman–Crippen MR) is 51.4 cm³/mol. The van der Waals surface area contributed by atoms with Crippen LogP contribution in [0.2, 0.25) is 0 Å². The summed E-state index contributed by atoms with van der Waals surface area (Å²) >= 11 is 1.11. The Morgan fingerprint density at radius 3 is 2.77 bits per heavy atom. The van der Waals surface area contributed by atoms with Crippen LogP contribution >= 0.6 is 11.8 Å². The first-order chi connectivity index (χ1) is 6.24. The zero-order valence-electron chi connectivity index (χ0n) is 7.79. The lowest BCUT2D eigenvalue weighted by atomic mass is 10.4. The van der Waals surface area contributed by atoms with Crippen molar-refractivity contribution in [3.63, 3.8) is 0 Å². The van der Waals surface area contributed by atoms with Crippen molar-refractivity contribution in [2.24, 2.45) is 0 Å². The van der Waals surface area contributed by atoms with Crippen LogP contribution in [0.5, 0.6) is 0 Å². The molecule has 1 saturated carbocycles. The molecule has 1 rings (SSSR count). The highest BCUT2D eigenvalue weighted by Crippen LogP contribution is 2.33. The summed E-state index contributed by atoms with van der Waals surface area (Å²) in [7, 11) is 0. The average Bonchev–Trinajstić information content (AvgIpc) is 2.57. The minimum absolute atomic E-state index is 0.254. The second-order valence-corrected chi connectivity index (χ2v) is 4.46. The zero-order valence-corrected chi connectivity index (χ0v) is 8.61. The normalized spacial score (nSPS) is 20.2. The molecule has 0 aliphatic heterocycles. The molecule has 0 bridgehead atoms. The molecule has 0 radical (unpaired) electrons. The summed E-state index contributed by atoms with van der Waals surface area (Å²) in [5.74, 6) is -0.723. The van der Waals surface area contributed by atoms with E-state index in [4.69, 9.17) is 0 Å². The van der Waals surface area contributed by atoms with E-state index in [0.29, 0.717) is 5.25 Å². The topological polar surface area (TPSA) is 26.3 Å². The molecule has 1 unspecified atom stereocenters. The molecule has 0 amide bonds. The van der Waals surface area contributed by atoms with Crippen molar-refractivity contribution in [1.29, 1.82) is 0 Å². The lowest BCUT2D eigenvalue weighted by molar-refractivity contribution is -0.145. The van der Waals surface area contributed by atoms with Crippen molar-refractivity contribution >= 4 is 17.7 Å². The van der Waals surface area contributed by atoms with Crippen LogP contribution in [0.1, 0.15) is 32.6 Å². The maximum atomic E-state index is 13.1. The Morgan fingerprint density at radius 1 is 1.62 bits per heavy atom. The first kappa shape index (κ1) is 10.8. The average molecular weight is 206 g/mol. The molecule has 0 N–H and O–H groups in total. The van der Waals surface area contributed by atoms with Crippen LogP contribution in [-0.4, -0.2) is 23.3 Å². The van der Waals surface area contributed by atoms with Crippen LogP contribution in [0.15, 0.2) is 0 Å². The molecule has 2 nitrogen and oxygen atoms in total.